The molecular weight excluding hydrogens is 226 g/mol. The van der Waals surface area contributed by atoms with Gasteiger partial charge in [-0.1, -0.05) is 37.8 Å². The number of aryl methyl sites for hydroxylation is 1. The number of unbranched alkanes of at least 4 members (excludes halogenated alkanes) is 1. The quantitative estimate of drug-likeness (QED) is 0.817. The Labute approximate surface area is 110 Å². The van der Waals surface area contributed by atoms with Gasteiger partial charge in [-0.05, 0) is 26.3 Å². The second-order valence-electron chi connectivity index (χ2n) is 5.29. The second kappa shape index (κ2) is 6.88. The van der Waals surface area contributed by atoms with Crippen LogP contribution in [0.2, 0.25) is 0 Å². The van der Waals surface area contributed by atoms with Gasteiger partial charge in [0.25, 0.3) is 0 Å². The molecule has 1 N–H and O–H groups in total. The third-order valence-electron chi connectivity index (χ3n) is 3.94. The average molecular weight is 251 g/mol. The summed E-state index contributed by atoms with van der Waals surface area (Å²) in [6.45, 7) is 2.18. The Hall–Kier alpha value is -0.900. The van der Waals surface area contributed by atoms with E-state index in [1.165, 1.54) is 38.5 Å². The van der Waals surface area contributed by atoms with Crippen LogP contribution >= 0.6 is 0 Å². The Morgan fingerprint density at radius 3 is 2.89 bits per heavy atom. The van der Waals surface area contributed by atoms with E-state index in [2.05, 4.69) is 22.4 Å². The highest BCUT2D eigenvalue weighted by Gasteiger charge is 2.28. The minimum Gasteiger partial charge on any atom is -0.339 e. The molecule has 1 aromatic heterocycles. The van der Waals surface area contributed by atoms with Crippen LogP contribution in [0.4, 0.5) is 0 Å². The molecule has 0 saturated heterocycles. The summed E-state index contributed by atoms with van der Waals surface area (Å²) in [7, 11) is 2.04. The van der Waals surface area contributed by atoms with Crippen molar-refractivity contribution >= 4 is 0 Å². The molecule has 2 unspecified atom stereocenters. The zero-order chi connectivity index (χ0) is 12.8. The van der Waals surface area contributed by atoms with E-state index >= 15 is 0 Å². The Bertz CT molecular complexity index is 351. The summed E-state index contributed by atoms with van der Waals surface area (Å²) >= 11 is 0. The van der Waals surface area contributed by atoms with Gasteiger partial charge < -0.3 is 9.84 Å². The number of aromatic nitrogens is 2. The van der Waals surface area contributed by atoms with Crippen LogP contribution in [0.15, 0.2) is 4.52 Å². The Morgan fingerprint density at radius 1 is 1.28 bits per heavy atom. The lowest BCUT2D eigenvalue weighted by molar-refractivity contribution is 0.309. The van der Waals surface area contributed by atoms with Crippen molar-refractivity contribution in [1.29, 1.82) is 0 Å². The van der Waals surface area contributed by atoms with Gasteiger partial charge >= 0.3 is 0 Å². The zero-order valence-electron chi connectivity index (χ0n) is 11.6. The van der Waals surface area contributed by atoms with Crippen molar-refractivity contribution in [2.24, 2.45) is 0 Å². The van der Waals surface area contributed by atoms with Gasteiger partial charge in [0.15, 0.2) is 5.82 Å². The van der Waals surface area contributed by atoms with Gasteiger partial charge in [-0.25, -0.2) is 0 Å². The Morgan fingerprint density at radius 2 is 2.11 bits per heavy atom. The fourth-order valence-electron chi connectivity index (χ4n) is 2.80. The van der Waals surface area contributed by atoms with Crippen molar-refractivity contribution in [1.82, 2.24) is 15.5 Å². The van der Waals surface area contributed by atoms with Gasteiger partial charge in [-0.15, -0.1) is 0 Å². The second-order valence-corrected chi connectivity index (χ2v) is 5.29. The molecule has 0 bridgehead atoms. The van der Waals surface area contributed by atoms with Crippen molar-refractivity contribution in [2.75, 3.05) is 7.05 Å². The summed E-state index contributed by atoms with van der Waals surface area (Å²) < 4.78 is 5.49. The molecule has 1 aliphatic rings. The molecule has 102 valence electrons. The van der Waals surface area contributed by atoms with E-state index in [0.29, 0.717) is 12.0 Å². The summed E-state index contributed by atoms with van der Waals surface area (Å²) in [5.74, 6) is 2.13. The van der Waals surface area contributed by atoms with Crippen molar-refractivity contribution in [3.05, 3.63) is 11.7 Å². The molecule has 2 atom stereocenters. The van der Waals surface area contributed by atoms with E-state index in [1.807, 2.05) is 7.05 Å². The first kappa shape index (κ1) is 13.5. The SMILES string of the molecule is CCCCc1noc(C2CCCCCC2NC)n1. The van der Waals surface area contributed by atoms with Gasteiger partial charge in [0.05, 0.1) is 5.92 Å². The van der Waals surface area contributed by atoms with Crippen LogP contribution in [0.1, 0.15) is 69.5 Å². The maximum atomic E-state index is 5.49. The molecule has 1 fully saturated rings. The van der Waals surface area contributed by atoms with E-state index in [4.69, 9.17) is 4.52 Å². The first-order chi connectivity index (χ1) is 8.85. The predicted octanol–water partition coefficient (Wildman–Crippen LogP) is 3.05. The topological polar surface area (TPSA) is 51.0 Å². The van der Waals surface area contributed by atoms with Crippen molar-refractivity contribution in [3.8, 4) is 0 Å². The van der Waals surface area contributed by atoms with E-state index < -0.39 is 0 Å². The molecule has 0 radical (unpaired) electrons. The van der Waals surface area contributed by atoms with Crippen LogP contribution in [-0.2, 0) is 6.42 Å². The molecule has 1 saturated carbocycles. The molecule has 0 aliphatic heterocycles. The summed E-state index contributed by atoms with van der Waals surface area (Å²) in [5, 5.41) is 7.53. The van der Waals surface area contributed by atoms with Crippen LogP contribution in [-0.4, -0.2) is 23.2 Å². The Balaban J connectivity index is 2.05. The third-order valence-corrected chi connectivity index (χ3v) is 3.94. The van der Waals surface area contributed by atoms with Gasteiger partial charge in [0.1, 0.15) is 0 Å². The maximum absolute atomic E-state index is 5.49. The van der Waals surface area contributed by atoms with Crippen LogP contribution in [0, 0.1) is 0 Å². The first-order valence-electron chi connectivity index (χ1n) is 7.35. The minimum atomic E-state index is 0.403. The number of nitrogens with one attached hydrogen (secondary N) is 1. The predicted molar refractivity (Wildman–Crippen MR) is 71.6 cm³/mol. The number of hydrogen-bond donors (Lipinski definition) is 1. The molecule has 2 rings (SSSR count). The number of likely N-dealkylation sites (N-methyl/N-ethyl adjacent to an activating group) is 1. The fourth-order valence-corrected chi connectivity index (χ4v) is 2.80. The summed E-state index contributed by atoms with van der Waals surface area (Å²) in [5.41, 5.74) is 0. The third kappa shape index (κ3) is 3.31. The molecular formula is C14H25N3O. The van der Waals surface area contributed by atoms with Gasteiger partial charge in [-0.2, -0.15) is 4.98 Å². The molecule has 4 nitrogen and oxygen atoms in total. The lowest BCUT2D eigenvalue weighted by atomic mass is 9.95. The van der Waals surface area contributed by atoms with E-state index in [-0.39, 0.29) is 0 Å². The van der Waals surface area contributed by atoms with E-state index in [0.717, 1.165) is 24.6 Å². The van der Waals surface area contributed by atoms with E-state index in [9.17, 15) is 0 Å². The summed E-state index contributed by atoms with van der Waals surface area (Å²) in [6, 6.07) is 0.493. The normalized spacial score (nSPS) is 25.0. The van der Waals surface area contributed by atoms with Gasteiger partial charge in [0.2, 0.25) is 5.89 Å². The summed E-state index contributed by atoms with van der Waals surface area (Å²) in [4.78, 5) is 4.59. The van der Waals surface area contributed by atoms with Crippen molar-refractivity contribution in [2.45, 2.75) is 70.3 Å². The summed E-state index contributed by atoms with van der Waals surface area (Å²) in [6.07, 6.45) is 9.54. The molecule has 18 heavy (non-hydrogen) atoms. The van der Waals surface area contributed by atoms with Crippen LogP contribution in [0.25, 0.3) is 0 Å². The highest BCUT2D eigenvalue weighted by Crippen LogP contribution is 2.31. The number of nitrogens with zero attached hydrogens (tertiary/aromatic N) is 2. The molecule has 1 heterocycles. The van der Waals surface area contributed by atoms with Crippen LogP contribution < -0.4 is 5.32 Å². The Kier molecular flexibility index (Phi) is 5.17. The highest BCUT2D eigenvalue weighted by molar-refractivity contribution is 5.00. The highest BCUT2D eigenvalue weighted by atomic mass is 16.5. The number of hydrogen-bond acceptors (Lipinski definition) is 4. The van der Waals surface area contributed by atoms with Gasteiger partial charge in [-0.3, -0.25) is 0 Å². The molecule has 4 heteroatoms. The molecule has 0 amide bonds. The van der Waals surface area contributed by atoms with Crippen LogP contribution in [0.3, 0.4) is 0 Å². The standard InChI is InChI=1S/C14H25N3O/c1-3-4-10-13-16-14(18-17-13)11-8-6-5-7-9-12(11)15-2/h11-12,15H,3-10H2,1-2H3. The largest absolute Gasteiger partial charge is 0.339 e. The minimum absolute atomic E-state index is 0.403. The van der Waals surface area contributed by atoms with Crippen molar-refractivity contribution < 1.29 is 4.52 Å². The van der Waals surface area contributed by atoms with Crippen molar-refractivity contribution in [3.63, 3.8) is 0 Å². The fraction of sp³-hybridized carbons (Fsp3) is 0.857. The maximum Gasteiger partial charge on any atom is 0.231 e. The number of rotatable bonds is 5. The average Bonchev–Trinajstić information content (AvgIpc) is 2.73. The molecule has 0 spiro atoms. The first-order valence-corrected chi connectivity index (χ1v) is 7.35. The van der Waals surface area contributed by atoms with E-state index in [1.54, 1.807) is 0 Å². The lowest BCUT2D eigenvalue weighted by Crippen LogP contribution is -2.31. The zero-order valence-corrected chi connectivity index (χ0v) is 11.6. The van der Waals surface area contributed by atoms with Gasteiger partial charge in [0, 0.05) is 12.5 Å². The lowest BCUT2D eigenvalue weighted by Gasteiger charge is -2.20. The molecule has 0 aromatic carbocycles. The smallest absolute Gasteiger partial charge is 0.231 e. The monoisotopic (exact) mass is 251 g/mol. The molecule has 1 aliphatic carbocycles. The molecule has 1 aromatic rings. The van der Waals surface area contributed by atoms with Crippen LogP contribution in [0.5, 0.6) is 0 Å².